The molecule has 6 nitrogen and oxygen atoms in total. The van der Waals surface area contributed by atoms with Crippen molar-refractivity contribution in [1.29, 1.82) is 5.26 Å². The zero-order chi connectivity index (χ0) is 20.1. The van der Waals surface area contributed by atoms with Gasteiger partial charge in [0, 0.05) is 9.79 Å². The van der Waals surface area contributed by atoms with Crippen LogP contribution in [-0.2, 0) is 11.3 Å². The summed E-state index contributed by atoms with van der Waals surface area (Å²) in [6.45, 7) is 3.11. The number of carbonyl (C=O) groups is 1. The van der Waals surface area contributed by atoms with Gasteiger partial charge in [-0.2, -0.15) is 10.4 Å². The Hall–Kier alpha value is -3.37. The van der Waals surface area contributed by atoms with E-state index in [1.54, 1.807) is 19.9 Å². The highest BCUT2D eigenvalue weighted by Crippen LogP contribution is 2.33. The van der Waals surface area contributed by atoms with Crippen molar-refractivity contribution < 1.29 is 4.79 Å². The van der Waals surface area contributed by atoms with Crippen molar-refractivity contribution in [3.63, 3.8) is 0 Å². The van der Waals surface area contributed by atoms with Crippen molar-refractivity contribution in [1.82, 2.24) is 9.78 Å². The molecule has 2 aromatic carbocycles. The highest BCUT2D eigenvalue weighted by atomic mass is 32.2. The highest BCUT2D eigenvalue weighted by molar-refractivity contribution is 7.99. The molecule has 1 amide bonds. The number of nitrogens with one attached hydrogen (secondary N) is 1. The molecule has 0 aliphatic heterocycles. The third-order valence-electron chi connectivity index (χ3n) is 4.17. The van der Waals surface area contributed by atoms with E-state index >= 15 is 0 Å². The lowest BCUT2D eigenvalue weighted by molar-refractivity contribution is -0.117. The molecule has 0 bridgehead atoms. The van der Waals surface area contributed by atoms with Crippen LogP contribution in [0.25, 0.3) is 0 Å². The summed E-state index contributed by atoms with van der Waals surface area (Å²) in [4.78, 5) is 26.8. The SMILES string of the molecule is Cc1nn(CC(=O)Nc2ccccc2Sc2ccccc2)c(=O)c(C#N)c1C. The fourth-order valence-corrected chi connectivity index (χ4v) is 3.53. The van der Waals surface area contributed by atoms with E-state index in [4.69, 9.17) is 0 Å². The van der Waals surface area contributed by atoms with Crippen molar-refractivity contribution in [2.24, 2.45) is 0 Å². The van der Waals surface area contributed by atoms with E-state index in [1.807, 2.05) is 54.6 Å². The number of aromatic nitrogens is 2. The van der Waals surface area contributed by atoms with Gasteiger partial charge < -0.3 is 5.32 Å². The number of nitriles is 1. The summed E-state index contributed by atoms with van der Waals surface area (Å²) >= 11 is 1.53. The van der Waals surface area contributed by atoms with Crippen molar-refractivity contribution in [3.05, 3.63) is 81.8 Å². The zero-order valence-corrected chi connectivity index (χ0v) is 16.3. The van der Waals surface area contributed by atoms with Crippen LogP contribution in [0.4, 0.5) is 5.69 Å². The number of anilines is 1. The number of nitrogens with zero attached hydrogens (tertiary/aromatic N) is 3. The third kappa shape index (κ3) is 4.30. The van der Waals surface area contributed by atoms with E-state index in [2.05, 4.69) is 10.4 Å². The van der Waals surface area contributed by atoms with Gasteiger partial charge in [-0.25, -0.2) is 4.68 Å². The lowest BCUT2D eigenvalue weighted by atomic mass is 10.1. The Bertz CT molecular complexity index is 1120. The number of para-hydroxylation sites is 1. The van der Waals surface area contributed by atoms with E-state index in [-0.39, 0.29) is 18.0 Å². The normalized spacial score (nSPS) is 10.3. The molecule has 0 saturated heterocycles. The van der Waals surface area contributed by atoms with Crippen LogP contribution in [0.15, 0.2) is 69.2 Å². The molecular formula is C21H18N4O2S. The second-order valence-electron chi connectivity index (χ2n) is 6.12. The van der Waals surface area contributed by atoms with Crippen LogP contribution in [0.2, 0.25) is 0 Å². The molecule has 1 heterocycles. The predicted octanol–water partition coefficient (Wildman–Crippen LogP) is 3.52. The van der Waals surface area contributed by atoms with Gasteiger partial charge >= 0.3 is 0 Å². The lowest BCUT2D eigenvalue weighted by Crippen LogP contribution is -2.32. The predicted molar refractivity (Wildman–Crippen MR) is 108 cm³/mol. The smallest absolute Gasteiger partial charge is 0.285 e. The van der Waals surface area contributed by atoms with Crippen molar-refractivity contribution >= 4 is 23.4 Å². The van der Waals surface area contributed by atoms with E-state index in [0.29, 0.717) is 16.9 Å². The Kier molecular flexibility index (Phi) is 5.92. The van der Waals surface area contributed by atoms with Gasteiger partial charge in [0.25, 0.3) is 5.56 Å². The molecular weight excluding hydrogens is 372 g/mol. The summed E-state index contributed by atoms with van der Waals surface area (Å²) in [5.74, 6) is -0.386. The summed E-state index contributed by atoms with van der Waals surface area (Å²) in [6.07, 6.45) is 0. The van der Waals surface area contributed by atoms with Crippen LogP contribution in [0.5, 0.6) is 0 Å². The van der Waals surface area contributed by atoms with Gasteiger partial charge in [0.1, 0.15) is 18.2 Å². The molecule has 0 saturated carbocycles. The molecule has 0 aliphatic rings. The quantitative estimate of drug-likeness (QED) is 0.720. The minimum atomic E-state index is -0.562. The second kappa shape index (κ2) is 8.55. The second-order valence-corrected chi connectivity index (χ2v) is 7.23. The van der Waals surface area contributed by atoms with Gasteiger partial charge in [0.15, 0.2) is 0 Å². The van der Waals surface area contributed by atoms with Gasteiger partial charge in [-0.05, 0) is 43.7 Å². The Morgan fingerprint density at radius 2 is 1.82 bits per heavy atom. The fourth-order valence-electron chi connectivity index (χ4n) is 2.61. The standard InChI is InChI=1S/C21H18N4O2S/c1-14-15(2)24-25(21(27)17(14)12-22)13-20(26)23-18-10-6-7-11-19(18)28-16-8-4-3-5-9-16/h3-11H,13H2,1-2H3,(H,23,26). The van der Waals surface area contributed by atoms with Crippen LogP contribution < -0.4 is 10.9 Å². The van der Waals surface area contributed by atoms with Crippen LogP contribution in [-0.4, -0.2) is 15.7 Å². The Morgan fingerprint density at radius 1 is 1.14 bits per heavy atom. The molecule has 1 aromatic heterocycles. The van der Waals surface area contributed by atoms with E-state index in [1.165, 1.54) is 11.8 Å². The Labute approximate surface area is 166 Å². The summed E-state index contributed by atoms with van der Waals surface area (Å²) < 4.78 is 1.03. The molecule has 7 heteroatoms. The molecule has 0 unspecified atom stereocenters. The molecule has 0 fully saturated rings. The number of hydrogen-bond donors (Lipinski definition) is 1. The number of rotatable bonds is 5. The zero-order valence-electron chi connectivity index (χ0n) is 15.5. The number of benzene rings is 2. The number of amides is 1. The maximum atomic E-state index is 12.5. The Morgan fingerprint density at radius 3 is 2.54 bits per heavy atom. The molecule has 0 radical (unpaired) electrons. The molecule has 28 heavy (non-hydrogen) atoms. The van der Waals surface area contributed by atoms with Crippen LogP contribution in [0, 0.1) is 25.2 Å². The maximum Gasteiger partial charge on any atom is 0.285 e. The van der Waals surface area contributed by atoms with Crippen LogP contribution >= 0.6 is 11.8 Å². The van der Waals surface area contributed by atoms with Crippen molar-refractivity contribution in [2.45, 2.75) is 30.2 Å². The molecule has 140 valence electrons. The molecule has 0 spiro atoms. The topological polar surface area (TPSA) is 87.8 Å². The number of hydrogen-bond acceptors (Lipinski definition) is 5. The van der Waals surface area contributed by atoms with Gasteiger partial charge in [0.05, 0.1) is 11.4 Å². The molecule has 1 N–H and O–H groups in total. The summed E-state index contributed by atoms with van der Waals surface area (Å²) in [7, 11) is 0. The summed E-state index contributed by atoms with van der Waals surface area (Å²) in [5, 5.41) is 16.2. The molecule has 0 aliphatic carbocycles. The molecule has 3 aromatic rings. The number of carbonyl (C=O) groups excluding carboxylic acids is 1. The minimum absolute atomic E-state index is 0.0142. The monoisotopic (exact) mass is 390 g/mol. The van der Waals surface area contributed by atoms with Gasteiger partial charge in [0.2, 0.25) is 5.91 Å². The van der Waals surface area contributed by atoms with Crippen molar-refractivity contribution in [2.75, 3.05) is 5.32 Å². The maximum absolute atomic E-state index is 12.5. The Balaban J connectivity index is 1.81. The largest absolute Gasteiger partial charge is 0.323 e. The number of aryl methyl sites for hydroxylation is 1. The fraction of sp³-hybridized carbons (Fsp3) is 0.143. The van der Waals surface area contributed by atoms with E-state index in [9.17, 15) is 14.9 Å². The van der Waals surface area contributed by atoms with E-state index in [0.717, 1.165) is 14.5 Å². The highest BCUT2D eigenvalue weighted by Gasteiger charge is 2.15. The average molecular weight is 390 g/mol. The summed E-state index contributed by atoms with van der Waals surface area (Å²) in [6, 6.07) is 19.2. The minimum Gasteiger partial charge on any atom is -0.323 e. The summed E-state index contributed by atoms with van der Waals surface area (Å²) in [5.41, 5.74) is 1.18. The molecule has 3 rings (SSSR count). The van der Waals surface area contributed by atoms with Gasteiger partial charge in [-0.3, -0.25) is 9.59 Å². The van der Waals surface area contributed by atoms with Gasteiger partial charge in [-0.15, -0.1) is 0 Å². The first-order valence-corrected chi connectivity index (χ1v) is 9.41. The third-order valence-corrected chi connectivity index (χ3v) is 5.26. The van der Waals surface area contributed by atoms with Crippen molar-refractivity contribution in [3.8, 4) is 6.07 Å². The van der Waals surface area contributed by atoms with Gasteiger partial charge in [-0.1, -0.05) is 42.1 Å². The van der Waals surface area contributed by atoms with Crippen LogP contribution in [0.1, 0.15) is 16.8 Å². The lowest BCUT2D eigenvalue weighted by Gasteiger charge is -2.12. The van der Waals surface area contributed by atoms with E-state index < -0.39 is 5.56 Å². The average Bonchev–Trinajstić information content (AvgIpc) is 2.69. The first kappa shape index (κ1) is 19.4. The first-order chi connectivity index (χ1) is 13.5. The first-order valence-electron chi connectivity index (χ1n) is 8.60. The molecule has 0 atom stereocenters. The van der Waals surface area contributed by atoms with Crippen LogP contribution in [0.3, 0.4) is 0 Å².